The highest BCUT2D eigenvalue weighted by Gasteiger charge is 2.55. The number of methoxy groups -OCH3 is 1. The van der Waals surface area contributed by atoms with Crippen molar-refractivity contribution in [3.8, 4) is 11.3 Å². The molecule has 10 nitrogen and oxygen atoms in total. The van der Waals surface area contributed by atoms with E-state index in [9.17, 15) is 35.6 Å². The van der Waals surface area contributed by atoms with E-state index in [4.69, 9.17) is 18.5 Å². The number of fused-ring (bicyclic) bond motifs is 1. The van der Waals surface area contributed by atoms with Crippen LogP contribution in [0, 0.1) is 5.82 Å². The maximum absolute atomic E-state index is 14.6. The first-order chi connectivity index (χ1) is 24.2. The molecular weight excluding hydrogens is 707 g/mol. The maximum atomic E-state index is 14.6. The molecule has 1 aromatic heterocycles. The number of carbonyl (C=O) groups excluding carboxylic acids is 2. The summed E-state index contributed by atoms with van der Waals surface area (Å²) >= 11 is 0. The molecule has 1 saturated carbocycles. The lowest BCUT2D eigenvalue weighted by Gasteiger charge is -2.32. The highest BCUT2D eigenvalue weighted by atomic mass is 32.2. The monoisotopic (exact) mass is 744 g/mol. The number of furan rings is 1. The van der Waals surface area contributed by atoms with Crippen LogP contribution in [-0.2, 0) is 36.8 Å². The van der Waals surface area contributed by atoms with Crippen molar-refractivity contribution in [3.05, 3.63) is 82.2 Å². The van der Waals surface area contributed by atoms with Crippen LogP contribution in [0.5, 0.6) is 0 Å². The molecule has 0 atom stereocenters. The molecule has 16 heteroatoms. The number of hydrogen-bond acceptors (Lipinski definition) is 8. The lowest BCUT2D eigenvalue weighted by atomic mass is 9.71. The summed E-state index contributed by atoms with van der Waals surface area (Å²) < 4.78 is 109. The smallest absolute Gasteiger partial charge is 0.465 e. The van der Waals surface area contributed by atoms with Crippen LogP contribution in [0.3, 0.4) is 0 Å². The number of esters is 1. The maximum Gasteiger partial charge on any atom is 0.496 e. The van der Waals surface area contributed by atoms with E-state index in [0.717, 1.165) is 29.8 Å². The first kappa shape index (κ1) is 37.4. The highest BCUT2D eigenvalue weighted by molar-refractivity contribution is 7.92. The van der Waals surface area contributed by atoms with E-state index < -0.39 is 75.3 Å². The molecule has 1 aliphatic carbocycles. The van der Waals surface area contributed by atoms with Crippen molar-refractivity contribution >= 4 is 51.1 Å². The third-order valence-electron chi connectivity index (χ3n) is 9.91. The molecule has 1 saturated heterocycles. The number of nitrogens with zero attached hydrogens (tertiary/aromatic N) is 1. The SMILES string of the molecule is CNC(=O)c1c(-c2ccc(F)cc2)oc2cc(N(Cc3ccc(C(F)(F)F)c(B4OC(C)(C)C(C)(C)O4)c3C(=O)OC)S(C)(=O)=O)c(C3CC3)cc12. The number of halogens is 4. The van der Waals surface area contributed by atoms with E-state index in [0.29, 0.717) is 29.4 Å². The van der Waals surface area contributed by atoms with E-state index in [2.05, 4.69) is 5.32 Å². The second-order valence-electron chi connectivity index (χ2n) is 14.0. The molecular formula is C36H37BF4N2O8S. The Morgan fingerprint density at radius 2 is 1.62 bits per heavy atom. The van der Waals surface area contributed by atoms with E-state index in [-0.39, 0.29) is 34.1 Å². The van der Waals surface area contributed by atoms with E-state index in [1.807, 2.05) is 0 Å². The summed E-state index contributed by atoms with van der Waals surface area (Å²) in [4.78, 5) is 26.7. The number of amides is 1. The third kappa shape index (κ3) is 6.67. The Hall–Kier alpha value is -4.41. The molecule has 2 heterocycles. The standard InChI is InChI=1S/C36H37BF4N2O8S/c1-34(2)35(3,4)51-37(50-34)30-25(36(39,40)41)15-12-21(28(30)33(45)48-6)18-43(52(7,46)47)26-17-27-24(16-23(26)19-8-9-19)29(32(44)42-5)31(49-27)20-10-13-22(38)14-11-20/h10-17,19H,8-9,18H2,1-7H3,(H,42,44). The minimum Gasteiger partial charge on any atom is -0.465 e. The van der Waals surface area contributed by atoms with Crippen molar-refractivity contribution in [1.82, 2.24) is 5.32 Å². The van der Waals surface area contributed by atoms with Gasteiger partial charge >= 0.3 is 19.3 Å². The fourth-order valence-corrected chi connectivity index (χ4v) is 7.26. The normalized spacial score (nSPS) is 17.0. The average molecular weight is 745 g/mol. The minimum absolute atomic E-state index is 0.102. The van der Waals surface area contributed by atoms with E-state index in [1.165, 1.54) is 37.4 Å². The van der Waals surface area contributed by atoms with Crippen molar-refractivity contribution in [3.63, 3.8) is 0 Å². The molecule has 4 aromatic rings. The topological polar surface area (TPSA) is 124 Å². The van der Waals surface area contributed by atoms with Gasteiger partial charge in [0.2, 0.25) is 10.0 Å². The zero-order chi connectivity index (χ0) is 38.1. The molecule has 0 spiro atoms. The van der Waals surface area contributed by atoms with Gasteiger partial charge in [0.25, 0.3) is 5.91 Å². The molecule has 2 fully saturated rings. The number of benzene rings is 3. The predicted molar refractivity (Wildman–Crippen MR) is 186 cm³/mol. The number of rotatable bonds is 9. The number of anilines is 1. The highest BCUT2D eigenvalue weighted by Crippen LogP contribution is 2.48. The summed E-state index contributed by atoms with van der Waals surface area (Å²) in [5, 5.41) is 2.97. The van der Waals surface area contributed by atoms with Gasteiger partial charge in [-0.3, -0.25) is 9.10 Å². The Bertz CT molecular complexity index is 2180. The largest absolute Gasteiger partial charge is 0.496 e. The van der Waals surface area contributed by atoms with Gasteiger partial charge in [-0.1, -0.05) is 6.07 Å². The second kappa shape index (κ2) is 12.9. The fraction of sp³-hybridized carbons (Fsp3) is 0.389. The van der Waals surface area contributed by atoms with Crippen molar-refractivity contribution < 1.29 is 54.0 Å². The minimum atomic E-state index is -4.95. The van der Waals surface area contributed by atoms with Crippen LogP contribution < -0.4 is 15.1 Å². The summed E-state index contributed by atoms with van der Waals surface area (Å²) in [7, 11) is -3.42. The molecule has 0 bridgehead atoms. The Labute approximate surface area is 298 Å². The molecule has 276 valence electrons. The van der Waals surface area contributed by atoms with Crippen LogP contribution in [0.25, 0.3) is 22.3 Å². The zero-order valence-electron chi connectivity index (χ0n) is 29.5. The summed E-state index contributed by atoms with van der Waals surface area (Å²) in [6, 6.07) is 10.3. The first-order valence-electron chi connectivity index (χ1n) is 16.4. The van der Waals surface area contributed by atoms with Gasteiger partial charge in [0.15, 0.2) is 0 Å². The molecule has 0 radical (unpaired) electrons. The van der Waals surface area contributed by atoms with Gasteiger partial charge in [0, 0.05) is 29.5 Å². The summed E-state index contributed by atoms with van der Waals surface area (Å²) in [5.41, 5.74) is -3.27. The van der Waals surface area contributed by atoms with E-state index in [1.54, 1.807) is 33.8 Å². The lowest BCUT2D eigenvalue weighted by molar-refractivity contribution is -0.136. The summed E-state index contributed by atoms with van der Waals surface area (Å²) in [6.07, 6.45) is -2.61. The summed E-state index contributed by atoms with van der Waals surface area (Å²) in [6.45, 7) is 6.00. The van der Waals surface area contributed by atoms with Crippen LogP contribution in [0.4, 0.5) is 23.2 Å². The third-order valence-corrected chi connectivity index (χ3v) is 11.0. The van der Waals surface area contributed by atoms with Crippen molar-refractivity contribution in [2.24, 2.45) is 0 Å². The van der Waals surface area contributed by atoms with E-state index >= 15 is 0 Å². The lowest BCUT2D eigenvalue weighted by Crippen LogP contribution is -2.44. The predicted octanol–water partition coefficient (Wildman–Crippen LogP) is 6.55. The fourth-order valence-electron chi connectivity index (χ4n) is 6.37. The van der Waals surface area contributed by atoms with Gasteiger partial charge in [0.1, 0.15) is 17.2 Å². The van der Waals surface area contributed by atoms with Crippen LogP contribution in [-0.4, -0.2) is 59.0 Å². The van der Waals surface area contributed by atoms with Crippen LogP contribution in [0.15, 0.2) is 52.9 Å². The summed E-state index contributed by atoms with van der Waals surface area (Å²) in [5.74, 6) is -2.13. The van der Waals surface area contributed by atoms with Crippen LogP contribution >= 0.6 is 0 Å². The Balaban J connectivity index is 1.57. The van der Waals surface area contributed by atoms with Crippen molar-refractivity contribution in [2.75, 3.05) is 24.7 Å². The average Bonchev–Trinajstić information content (AvgIpc) is 3.80. The van der Waals surface area contributed by atoms with Crippen LogP contribution in [0.2, 0.25) is 0 Å². The number of carbonyl (C=O) groups is 2. The van der Waals surface area contributed by atoms with Crippen LogP contribution in [0.1, 0.15) is 83.9 Å². The van der Waals surface area contributed by atoms with Crippen molar-refractivity contribution in [2.45, 2.75) is 70.4 Å². The number of sulfonamides is 1. The van der Waals surface area contributed by atoms with Gasteiger partial charge in [-0.05, 0) is 94.0 Å². The molecule has 2 aliphatic rings. The van der Waals surface area contributed by atoms with Crippen molar-refractivity contribution in [1.29, 1.82) is 0 Å². The number of hydrogen-bond donors (Lipinski definition) is 1. The molecule has 6 rings (SSSR count). The number of nitrogens with one attached hydrogen (secondary N) is 1. The zero-order valence-corrected chi connectivity index (χ0v) is 30.3. The van der Waals surface area contributed by atoms with Gasteiger partial charge in [-0.2, -0.15) is 13.2 Å². The Morgan fingerprint density at radius 1 is 1.00 bits per heavy atom. The molecule has 1 amide bonds. The second-order valence-corrected chi connectivity index (χ2v) is 15.9. The molecule has 52 heavy (non-hydrogen) atoms. The molecule has 1 aliphatic heterocycles. The van der Waals surface area contributed by atoms with Gasteiger partial charge in [0.05, 0.1) is 53.5 Å². The Morgan fingerprint density at radius 3 is 2.13 bits per heavy atom. The van der Waals surface area contributed by atoms with Gasteiger partial charge in [-0.15, -0.1) is 0 Å². The first-order valence-corrected chi connectivity index (χ1v) is 18.3. The molecule has 3 aromatic carbocycles. The number of ether oxygens (including phenoxy) is 1. The Kier molecular flexibility index (Phi) is 9.28. The molecule has 0 unspecified atom stereocenters. The molecule has 1 N–H and O–H groups in total. The van der Waals surface area contributed by atoms with Gasteiger partial charge < -0.3 is 23.8 Å². The van der Waals surface area contributed by atoms with Gasteiger partial charge in [-0.25, -0.2) is 17.6 Å². The number of alkyl halides is 3. The quantitative estimate of drug-likeness (QED) is 0.116.